The Morgan fingerprint density at radius 1 is 1.37 bits per heavy atom. The quantitative estimate of drug-likeness (QED) is 0.667. The number of aromatic hydroxyl groups is 1. The van der Waals surface area contributed by atoms with Gasteiger partial charge in [-0.15, -0.1) is 11.3 Å². The molecule has 5 heteroatoms. The van der Waals surface area contributed by atoms with Crippen LogP contribution in [0, 0.1) is 6.92 Å². The van der Waals surface area contributed by atoms with Crippen LogP contribution in [0.15, 0.2) is 40.8 Å². The maximum Gasteiger partial charge on any atom is 0.281 e. The van der Waals surface area contributed by atoms with Gasteiger partial charge in [-0.2, -0.15) is 5.10 Å². The molecule has 1 heterocycles. The summed E-state index contributed by atoms with van der Waals surface area (Å²) in [6, 6.07) is 8.80. The van der Waals surface area contributed by atoms with Gasteiger partial charge in [-0.25, -0.2) is 5.43 Å². The van der Waals surface area contributed by atoms with E-state index in [9.17, 15) is 9.90 Å². The predicted octanol–water partition coefficient (Wildman–Crippen LogP) is 2.92. The molecular weight excluding hydrogens is 260 g/mol. The summed E-state index contributed by atoms with van der Waals surface area (Å²) in [6.07, 6.45) is 0. The molecular formula is C14H14N2O2S. The van der Waals surface area contributed by atoms with Gasteiger partial charge in [-0.3, -0.25) is 4.79 Å². The fraction of sp³-hybridized carbons (Fsp3) is 0.143. The van der Waals surface area contributed by atoms with Crippen molar-refractivity contribution in [3.8, 4) is 5.75 Å². The summed E-state index contributed by atoms with van der Waals surface area (Å²) in [5, 5.41) is 15.6. The van der Waals surface area contributed by atoms with E-state index >= 15 is 0 Å². The van der Waals surface area contributed by atoms with Crippen molar-refractivity contribution in [1.82, 2.24) is 5.43 Å². The van der Waals surface area contributed by atoms with Gasteiger partial charge < -0.3 is 5.11 Å². The first-order chi connectivity index (χ1) is 9.08. The molecule has 0 unspecified atom stereocenters. The Hall–Kier alpha value is -2.14. The van der Waals surface area contributed by atoms with Gasteiger partial charge in [0.05, 0.1) is 10.6 Å². The number of nitrogens with zero attached hydrogens (tertiary/aromatic N) is 1. The van der Waals surface area contributed by atoms with Crippen molar-refractivity contribution in [2.75, 3.05) is 0 Å². The first-order valence-electron chi connectivity index (χ1n) is 5.76. The molecule has 4 nitrogen and oxygen atoms in total. The standard InChI is InChI=1S/C14H14N2O2S/c1-9-5-6-12(17)11(8-9)10(2)15-16-14(18)13-4-3-7-19-13/h3-8,17H,1-2H3,(H,16,18)/b15-10+. The van der Waals surface area contributed by atoms with Gasteiger partial charge in [0.25, 0.3) is 5.91 Å². The molecule has 0 bridgehead atoms. The van der Waals surface area contributed by atoms with Crippen molar-refractivity contribution in [3.05, 3.63) is 51.7 Å². The Kier molecular flexibility index (Phi) is 3.97. The van der Waals surface area contributed by atoms with Gasteiger partial charge >= 0.3 is 0 Å². The third kappa shape index (κ3) is 3.20. The number of hydrogen-bond acceptors (Lipinski definition) is 4. The smallest absolute Gasteiger partial charge is 0.281 e. The van der Waals surface area contributed by atoms with E-state index in [4.69, 9.17) is 0 Å². The molecule has 0 saturated carbocycles. The molecule has 0 fully saturated rings. The minimum atomic E-state index is -0.249. The average Bonchev–Trinajstić information content (AvgIpc) is 2.92. The maximum atomic E-state index is 11.7. The molecule has 0 radical (unpaired) electrons. The highest BCUT2D eigenvalue weighted by Gasteiger charge is 2.07. The monoisotopic (exact) mass is 274 g/mol. The van der Waals surface area contributed by atoms with Crippen LogP contribution in [0.3, 0.4) is 0 Å². The third-order valence-electron chi connectivity index (χ3n) is 2.61. The Morgan fingerprint density at radius 3 is 2.84 bits per heavy atom. The average molecular weight is 274 g/mol. The van der Waals surface area contributed by atoms with Gasteiger partial charge in [-0.1, -0.05) is 17.7 Å². The second kappa shape index (κ2) is 5.67. The van der Waals surface area contributed by atoms with E-state index in [2.05, 4.69) is 10.5 Å². The van der Waals surface area contributed by atoms with Crippen molar-refractivity contribution in [2.45, 2.75) is 13.8 Å². The van der Waals surface area contributed by atoms with Crippen LogP contribution in [0.2, 0.25) is 0 Å². The summed E-state index contributed by atoms with van der Waals surface area (Å²) in [5.41, 5.74) is 4.68. The van der Waals surface area contributed by atoms with Crippen LogP contribution in [-0.4, -0.2) is 16.7 Å². The molecule has 2 N–H and O–H groups in total. The van der Waals surface area contributed by atoms with Crippen LogP contribution in [0.5, 0.6) is 5.75 Å². The molecule has 2 aromatic rings. The Morgan fingerprint density at radius 2 is 2.16 bits per heavy atom. The zero-order chi connectivity index (χ0) is 13.8. The molecule has 0 saturated heterocycles. The maximum absolute atomic E-state index is 11.7. The minimum Gasteiger partial charge on any atom is -0.507 e. The van der Waals surface area contributed by atoms with E-state index in [-0.39, 0.29) is 11.7 Å². The van der Waals surface area contributed by atoms with E-state index in [0.29, 0.717) is 16.2 Å². The summed E-state index contributed by atoms with van der Waals surface area (Å²) in [4.78, 5) is 12.3. The topological polar surface area (TPSA) is 61.7 Å². The zero-order valence-corrected chi connectivity index (χ0v) is 11.5. The lowest BCUT2D eigenvalue weighted by Gasteiger charge is -2.05. The number of rotatable bonds is 3. The molecule has 0 aliphatic carbocycles. The molecule has 0 aliphatic rings. The van der Waals surface area contributed by atoms with Crippen LogP contribution < -0.4 is 5.43 Å². The number of carbonyl (C=O) groups is 1. The van der Waals surface area contributed by atoms with Gasteiger partial charge in [0.2, 0.25) is 0 Å². The Labute approximate surface area is 115 Å². The SMILES string of the molecule is C/C(=N\NC(=O)c1cccs1)c1cc(C)ccc1O. The highest BCUT2D eigenvalue weighted by molar-refractivity contribution is 7.12. The fourth-order valence-corrected chi connectivity index (χ4v) is 2.21. The highest BCUT2D eigenvalue weighted by atomic mass is 32.1. The van der Waals surface area contributed by atoms with Crippen molar-refractivity contribution >= 4 is 23.0 Å². The largest absolute Gasteiger partial charge is 0.507 e. The molecule has 2 rings (SSSR count). The summed E-state index contributed by atoms with van der Waals surface area (Å²) >= 11 is 1.35. The number of carbonyl (C=O) groups excluding carboxylic acids is 1. The number of benzene rings is 1. The van der Waals surface area contributed by atoms with E-state index in [1.165, 1.54) is 11.3 Å². The highest BCUT2D eigenvalue weighted by Crippen LogP contribution is 2.18. The molecule has 0 spiro atoms. The minimum absolute atomic E-state index is 0.150. The van der Waals surface area contributed by atoms with Crippen LogP contribution in [0.25, 0.3) is 0 Å². The number of thiophene rings is 1. The molecule has 1 aromatic carbocycles. The Bertz CT molecular complexity index is 618. The second-order valence-corrected chi connectivity index (χ2v) is 5.08. The molecule has 0 aliphatic heterocycles. The van der Waals surface area contributed by atoms with Crippen molar-refractivity contribution in [3.63, 3.8) is 0 Å². The molecule has 0 atom stereocenters. The lowest BCUT2D eigenvalue weighted by Crippen LogP contribution is -2.18. The number of nitrogens with one attached hydrogen (secondary N) is 1. The number of hydrazone groups is 1. The lowest BCUT2D eigenvalue weighted by molar-refractivity contribution is 0.0959. The third-order valence-corrected chi connectivity index (χ3v) is 3.48. The number of phenols is 1. The van der Waals surface area contributed by atoms with Crippen LogP contribution >= 0.6 is 11.3 Å². The van der Waals surface area contributed by atoms with E-state index in [0.717, 1.165) is 5.56 Å². The normalized spacial score (nSPS) is 11.4. The van der Waals surface area contributed by atoms with Crippen LogP contribution in [0.4, 0.5) is 0 Å². The van der Waals surface area contributed by atoms with Gasteiger partial charge in [0, 0.05) is 5.56 Å². The van der Waals surface area contributed by atoms with E-state index < -0.39 is 0 Å². The molecule has 1 aromatic heterocycles. The first kappa shape index (κ1) is 13.3. The van der Waals surface area contributed by atoms with Crippen LogP contribution in [-0.2, 0) is 0 Å². The summed E-state index contributed by atoms with van der Waals surface area (Å²) in [7, 11) is 0. The number of amides is 1. The molecule has 98 valence electrons. The van der Waals surface area contributed by atoms with Crippen LogP contribution in [0.1, 0.15) is 27.7 Å². The number of hydrogen-bond donors (Lipinski definition) is 2. The summed E-state index contributed by atoms with van der Waals surface area (Å²) in [6.45, 7) is 3.67. The number of phenolic OH excluding ortho intramolecular Hbond substituents is 1. The summed E-state index contributed by atoms with van der Waals surface area (Å²) in [5.74, 6) is -0.0984. The predicted molar refractivity (Wildman–Crippen MR) is 76.8 cm³/mol. The molecule has 19 heavy (non-hydrogen) atoms. The van der Waals surface area contributed by atoms with Crippen molar-refractivity contribution < 1.29 is 9.90 Å². The van der Waals surface area contributed by atoms with E-state index in [1.807, 2.05) is 30.5 Å². The van der Waals surface area contributed by atoms with E-state index in [1.54, 1.807) is 19.1 Å². The lowest BCUT2D eigenvalue weighted by atomic mass is 10.1. The number of aryl methyl sites for hydroxylation is 1. The van der Waals surface area contributed by atoms with Crippen molar-refractivity contribution in [1.29, 1.82) is 0 Å². The van der Waals surface area contributed by atoms with Gasteiger partial charge in [0.1, 0.15) is 5.75 Å². The molecule has 1 amide bonds. The summed E-state index contributed by atoms with van der Waals surface area (Å²) < 4.78 is 0. The fourth-order valence-electron chi connectivity index (χ4n) is 1.60. The zero-order valence-electron chi connectivity index (χ0n) is 10.7. The Balaban J connectivity index is 2.15. The second-order valence-electron chi connectivity index (χ2n) is 4.14. The van der Waals surface area contributed by atoms with Crippen molar-refractivity contribution in [2.24, 2.45) is 5.10 Å². The first-order valence-corrected chi connectivity index (χ1v) is 6.64. The van der Waals surface area contributed by atoms with Gasteiger partial charge in [-0.05, 0) is 37.4 Å². The van der Waals surface area contributed by atoms with Gasteiger partial charge in [0.15, 0.2) is 0 Å².